The summed E-state index contributed by atoms with van der Waals surface area (Å²) in [4.78, 5) is 39.2. The number of benzene rings is 2. The summed E-state index contributed by atoms with van der Waals surface area (Å²) in [7, 11) is 0. The lowest BCUT2D eigenvalue weighted by molar-refractivity contribution is -0.158. The first-order chi connectivity index (χ1) is 14.8. The Kier molecular flexibility index (Phi) is 7.05. The molecule has 7 heteroatoms. The summed E-state index contributed by atoms with van der Waals surface area (Å²) >= 11 is 0. The highest BCUT2D eigenvalue weighted by Crippen LogP contribution is 2.22. The standard InChI is InChI=1S/C24H27FN2O4/c1-15-6-4-5-7-20(15)23(29)27-12-10-18(11-13-27)24(30)31-17(3)22(28)26-19-9-8-16(2)21(25)14-19/h4-9,14,17-18H,10-13H2,1-3H3,(H,26,28)/t17-/m1/s1. The van der Waals surface area contributed by atoms with Crippen LogP contribution in [0.25, 0.3) is 0 Å². The fraction of sp³-hybridized carbons (Fsp3) is 0.375. The van der Waals surface area contributed by atoms with E-state index in [2.05, 4.69) is 5.32 Å². The van der Waals surface area contributed by atoms with Crippen molar-refractivity contribution in [1.29, 1.82) is 0 Å². The molecule has 1 aliphatic heterocycles. The average Bonchev–Trinajstić information content (AvgIpc) is 2.76. The predicted molar refractivity (Wildman–Crippen MR) is 115 cm³/mol. The van der Waals surface area contributed by atoms with Gasteiger partial charge in [0.2, 0.25) is 0 Å². The molecule has 31 heavy (non-hydrogen) atoms. The zero-order valence-corrected chi connectivity index (χ0v) is 18.0. The fourth-order valence-electron chi connectivity index (χ4n) is 3.54. The second kappa shape index (κ2) is 9.73. The molecule has 2 amide bonds. The second-order valence-electron chi connectivity index (χ2n) is 7.91. The predicted octanol–water partition coefficient (Wildman–Crippen LogP) is 3.87. The minimum absolute atomic E-state index is 0.0389. The molecule has 0 bridgehead atoms. The van der Waals surface area contributed by atoms with E-state index in [0.717, 1.165) is 5.56 Å². The van der Waals surface area contributed by atoms with Crippen LogP contribution >= 0.6 is 0 Å². The molecule has 1 N–H and O–H groups in total. The molecule has 0 radical (unpaired) electrons. The molecule has 0 aliphatic carbocycles. The molecular weight excluding hydrogens is 399 g/mol. The lowest BCUT2D eigenvalue weighted by Crippen LogP contribution is -2.42. The third kappa shape index (κ3) is 5.48. The minimum atomic E-state index is -1.01. The number of amides is 2. The van der Waals surface area contributed by atoms with E-state index >= 15 is 0 Å². The van der Waals surface area contributed by atoms with Gasteiger partial charge in [-0.15, -0.1) is 0 Å². The number of piperidine rings is 1. The number of hydrogen-bond acceptors (Lipinski definition) is 4. The highest BCUT2D eigenvalue weighted by Gasteiger charge is 2.31. The quantitative estimate of drug-likeness (QED) is 0.737. The molecule has 1 heterocycles. The van der Waals surface area contributed by atoms with E-state index in [1.807, 2.05) is 25.1 Å². The Labute approximate surface area is 181 Å². The van der Waals surface area contributed by atoms with E-state index in [1.165, 1.54) is 13.0 Å². The maximum atomic E-state index is 13.6. The van der Waals surface area contributed by atoms with Crippen LogP contribution in [0.4, 0.5) is 10.1 Å². The maximum Gasteiger partial charge on any atom is 0.309 e. The zero-order valence-electron chi connectivity index (χ0n) is 18.0. The van der Waals surface area contributed by atoms with Crippen molar-refractivity contribution in [3.63, 3.8) is 0 Å². The van der Waals surface area contributed by atoms with Gasteiger partial charge in [-0.1, -0.05) is 24.3 Å². The van der Waals surface area contributed by atoms with Gasteiger partial charge in [0, 0.05) is 24.3 Å². The van der Waals surface area contributed by atoms with Gasteiger partial charge in [-0.05, 0) is 62.9 Å². The van der Waals surface area contributed by atoms with E-state index in [4.69, 9.17) is 4.74 Å². The number of nitrogens with zero attached hydrogens (tertiary/aromatic N) is 1. The first-order valence-corrected chi connectivity index (χ1v) is 10.4. The van der Waals surface area contributed by atoms with Crippen molar-refractivity contribution in [1.82, 2.24) is 4.90 Å². The Morgan fingerprint density at radius 1 is 1.06 bits per heavy atom. The third-order valence-corrected chi connectivity index (χ3v) is 5.59. The molecule has 0 unspecified atom stereocenters. The molecular formula is C24H27FN2O4. The van der Waals surface area contributed by atoms with Gasteiger partial charge in [0.1, 0.15) is 5.82 Å². The van der Waals surface area contributed by atoms with E-state index in [-0.39, 0.29) is 11.8 Å². The summed E-state index contributed by atoms with van der Waals surface area (Å²) < 4.78 is 19.0. The van der Waals surface area contributed by atoms with Crippen LogP contribution in [0.1, 0.15) is 41.3 Å². The Hall–Kier alpha value is -3.22. The average molecular weight is 426 g/mol. The normalized spacial score (nSPS) is 15.3. The largest absolute Gasteiger partial charge is 0.452 e. The van der Waals surface area contributed by atoms with Gasteiger partial charge in [0.05, 0.1) is 5.92 Å². The van der Waals surface area contributed by atoms with Crippen LogP contribution < -0.4 is 5.32 Å². The van der Waals surface area contributed by atoms with Gasteiger partial charge in [-0.3, -0.25) is 14.4 Å². The van der Waals surface area contributed by atoms with Crippen LogP contribution in [0.2, 0.25) is 0 Å². The van der Waals surface area contributed by atoms with Crippen molar-refractivity contribution in [3.05, 3.63) is 65.0 Å². The number of nitrogens with one attached hydrogen (secondary N) is 1. The second-order valence-corrected chi connectivity index (χ2v) is 7.91. The molecule has 1 saturated heterocycles. The molecule has 0 aromatic heterocycles. The van der Waals surface area contributed by atoms with Gasteiger partial charge >= 0.3 is 5.97 Å². The van der Waals surface area contributed by atoms with Gasteiger partial charge in [0.15, 0.2) is 6.10 Å². The molecule has 6 nitrogen and oxygen atoms in total. The van der Waals surface area contributed by atoms with Crippen LogP contribution in [-0.2, 0) is 14.3 Å². The molecule has 2 aromatic rings. The van der Waals surface area contributed by atoms with Crippen LogP contribution in [0.15, 0.2) is 42.5 Å². The van der Waals surface area contributed by atoms with Gasteiger partial charge in [0.25, 0.3) is 11.8 Å². The SMILES string of the molecule is Cc1ccc(NC(=O)[C@@H](C)OC(=O)C2CCN(C(=O)c3ccccc3C)CC2)cc1F. The number of ether oxygens (including phenoxy) is 1. The Balaban J connectivity index is 1.50. The number of anilines is 1. The van der Waals surface area contributed by atoms with Crippen molar-refractivity contribution in [2.75, 3.05) is 18.4 Å². The summed E-state index contributed by atoms with van der Waals surface area (Å²) in [5.74, 6) is -1.81. The third-order valence-electron chi connectivity index (χ3n) is 5.59. The van der Waals surface area contributed by atoms with Crippen molar-refractivity contribution < 1.29 is 23.5 Å². The fourth-order valence-corrected chi connectivity index (χ4v) is 3.54. The number of carbonyl (C=O) groups is 3. The first kappa shape index (κ1) is 22.5. The van der Waals surface area contributed by atoms with E-state index in [1.54, 1.807) is 30.0 Å². The molecule has 2 aromatic carbocycles. The number of rotatable bonds is 5. The van der Waals surface area contributed by atoms with Crippen LogP contribution in [0, 0.1) is 25.6 Å². The number of likely N-dealkylation sites (tertiary alicyclic amines) is 1. The lowest BCUT2D eigenvalue weighted by atomic mass is 9.96. The highest BCUT2D eigenvalue weighted by molar-refractivity contribution is 5.96. The number of hydrogen-bond donors (Lipinski definition) is 1. The van der Waals surface area contributed by atoms with E-state index in [0.29, 0.717) is 42.7 Å². The summed E-state index contributed by atoms with van der Waals surface area (Å²) in [5.41, 5.74) is 2.37. The van der Waals surface area contributed by atoms with Crippen LogP contribution in [-0.4, -0.2) is 41.9 Å². The van der Waals surface area contributed by atoms with E-state index in [9.17, 15) is 18.8 Å². The zero-order chi connectivity index (χ0) is 22.5. The van der Waals surface area contributed by atoms with E-state index < -0.39 is 23.8 Å². The molecule has 0 spiro atoms. The van der Waals surface area contributed by atoms with Gasteiger partial charge < -0.3 is 15.0 Å². The molecule has 1 aliphatic rings. The summed E-state index contributed by atoms with van der Waals surface area (Å²) in [5, 5.41) is 2.55. The number of esters is 1. The number of halogens is 1. The van der Waals surface area contributed by atoms with Crippen molar-refractivity contribution in [3.8, 4) is 0 Å². The summed E-state index contributed by atoms with van der Waals surface area (Å²) in [6, 6.07) is 11.8. The maximum absolute atomic E-state index is 13.6. The molecule has 1 atom stereocenters. The summed E-state index contributed by atoms with van der Waals surface area (Å²) in [6.07, 6.45) is -0.0504. The molecule has 1 fully saturated rings. The topological polar surface area (TPSA) is 75.7 Å². The smallest absolute Gasteiger partial charge is 0.309 e. The Morgan fingerprint density at radius 3 is 2.39 bits per heavy atom. The van der Waals surface area contributed by atoms with Crippen molar-refractivity contribution in [2.24, 2.45) is 5.92 Å². The van der Waals surface area contributed by atoms with Crippen LogP contribution in [0.3, 0.4) is 0 Å². The monoisotopic (exact) mass is 426 g/mol. The lowest BCUT2D eigenvalue weighted by Gasteiger charge is -2.31. The molecule has 0 saturated carbocycles. The summed E-state index contributed by atoms with van der Waals surface area (Å²) in [6.45, 7) is 5.92. The molecule has 3 rings (SSSR count). The van der Waals surface area contributed by atoms with Gasteiger partial charge in [-0.2, -0.15) is 0 Å². The molecule has 164 valence electrons. The number of aryl methyl sites for hydroxylation is 2. The van der Waals surface area contributed by atoms with Crippen molar-refractivity contribution in [2.45, 2.75) is 39.7 Å². The first-order valence-electron chi connectivity index (χ1n) is 10.4. The minimum Gasteiger partial charge on any atom is -0.452 e. The number of carbonyl (C=O) groups excluding carboxylic acids is 3. The Bertz CT molecular complexity index is 983. The van der Waals surface area contributed by atoms with Crippen LogP contribution in [0.5, 0.6) is 0 Å². The van der Waals surface area contributed by atoms with Gasteiger partial charge in [-0.25, -0.2) is 4.39 Å². The van der Waals surface area contributed by atoms with Crippen molar-refractivity contribution >= 4 is 23.5 Å². The Morgan fingerprint density at radius 2 is 1.74 bits per heavy atom. The highest BCUT2D eigenvalue weighted by atomic mass is 19.1.